The third-order valence-corrected chi connectivity index (χ3v) is 4.80. The predicted molar refractivity (Wildman–Crippen MR) is 107 cm³/mol. The van der Waals surface area contributed by atoms with Gasteiger partial charge >= 0.3 is 0 Å². The Kier molecular flexibility index (Phi) is 8.63. The van der Waals surface area contributed by atoms with Gasteiger partial charge in [0, 0.05) is 52.4 Å². The zero-order chi connectivity index (χ0) is 20.5. The first kappa shape index (κ1) is 22.1. The summed E-state index contributed by atoms with van der Waals surface area (Å²) in [4.78, 5) is 20.1. The molecule has 0 spiro atoms. The van der Waals surface area contributed by atoms with Crippen LogP contribution in [0.5, 0.6) is 0 Å². The van der Waals surface area contributed by atoms with Crippen molar-refractivity contribution in [1.29, 1.82) is 0 Å². The lowest BCUT2D eigenvalue weighted by molar-refractivity contribution is -0.130. The van der Waals surface area contributed by atoms with Crippen molar-refractivity contribution >= 4 is 11.9 Å². The molecule has 1 saturated heterocycles. The van der Waals surface area contributed by atoms with Crippen LogP contribution in [-0.4, -0.2) is 74.5 Å². The summed E-state index contributed by atoms with van der Waals surface area (Å²) in [6, 6.07) is 3.91. The molecule has 0 aromatic heterocycles. The SMILES string of the molecule is CCNC(=NCCc1ccc(F)cc1F)NC1CCN(CC(=O)N(C)C)CC1. The van der Waals surface area contributed by atoms with Gasteiger partial charge in [-0.05, 0) is 37.8 Å². The van der Waals surface area contributed by atoms with Gasteiger partial charge in [-0.15, -0.1) is 0 Å². The summed E-state index contributed by atoms with van der Waals surface area (Å²) >= 11 is 0. The number of hydrogen-bond donors (Lipinski definition) is 2. The summed E-state index contributed by atoms with van der Waals surface area (Å²) in [5, 5.41) is 6.64. The van der Waals surface area contributed by atoms with E-state index in [-0.39, 0.29) is 11.9 Å². The molecular formula is C20H31F2N5O. The fourth-order valence-corrected chi connectivity index (χ4v) is 3.09. The first-order chi connectivity index (χ1) is 13.4. The number of halogens is 2. The Labute approximate surface area is 166 Å². The smallest absolute Gasteiger partial charge is 0.236 e. The maximum atomic E-state index is 13.7. The summed E-state index contributed by atoms with van der Waals surface area (Å²) in [5.74, 6) is -0.284. The molecule has 1 heterocycles. The predicted octanol–water partition coefficient (Wildman–Crippen LogP) is 1.62. The van der Waals surface area contributed by atoms with E-state index >= 15 is 0 Å². The average Bonchev–Trinajstić information content (AvgIpc) is 2.65. The maximum absolute atomic E-state index is 13.7. The average molecular weight is 395 g/mol. The highest BCUT2D eigenvalue weighted by molar-refractivity contribution is 5.80. The lowest BCUT2D eigenvalue weighted by Crippen LogP contribution is -2.50. The van der Waals surface area contributed by atoms with E-state index in [4.69, 9.17) is 0 Å². The molecule has 1 aliphatic heterocycles. The minimum Gasteiger partial charge on any atom is -0.357 e. The minimum atomic E-state index is -0.571. The van der Waals surface area contributed by atoms with Crippen LogP contribution < -0.4 is 10.6 Å². The molecule has 0 saturated carbocycles. The second kappa shape index (κ2) is 10.9. The number of likely N-dealkylation sites (N-methyl/N-ethyl adjacent to an activating group) is 1. The standard InChI is InChI=1S/C20H31F2N5O/c1-4-23-20(24-10-7-15-5-6-16(21)13-18(15)22)25-17-8-11-27(12-9-17)14-19(28)26(2)3/h5-6,13,17H,4,7-12,14H2,1-3H3,(H2,23,24,25). The number of nitrogens with one attached hydrogen (secondary N) is 2. The van der Waals surface area contributed by atoms with Crippen molar-refractivity contribution in [2.75, 3.05) is 46.8 Å². The summed E-state index contributed by atoms with van der Waals surface area (Å²) in [6.45, 7) is 5.30. The molecule has 1 fully saturated rings. The molecule has 2 rings (SSSR count). The molecule has 8 heteroatoms. The number of hydrogen-bond acceptors (Lipinski definition) is 3. The zero-order valence-electron chi connectivity index (χ0n) is 17.0. The molecule has 1 aromatic carbocycles. The minimum absolute atomic E-state index is 0.120. The second-order valence-electron chi connectivity index (χ2n) is 7.23. The van der Waals surface area contributed by atoms with Crippen LogP contribution in [0.1, 0.15) is 25.3 Å². The number of carbonyl (C=O) groups excluding carboxylic acids is 1. The Morgan fingerprint density at radius 2 is 2.00 bits per heavy atom. The topological polar surface area (TPSA) is 60.0 Å². The van der Waals surface area contributed by atoms with Crippen molar-refractivity contribution < 1.29 is 13.6 Å². The van der Waals surface area contributed by atoms with Crippen LogP contribution in [0.15, 0.2) is 23.2 Å². The molecule has 0 unspecified atom stereocenters. The molecule has 1 aromatic rings. The first-order valence-corrected chi connectivity index (χ1v) is 9.80. The highest BCUT2D eigenvalue weighted by atomic mass is 19.1. The number of benzene rings is 1. The number of aliphatic imine (C=N–C) groups is 1. The Balaban J connectivity index is 1.82. The molecule has 0 aliphatic carbocycles. The van der Waals surface area contributed by atoms with Crippen molar-refractivity contribution in [3.63, 3.8) is 0 Å². The van der Waals surface area contributed by atoms with E-state index in [1.807, 2.05) is 6.92 Å². The molecule has 1 amide bonds. The number of nitrogens with zero attached hydrogens (tertiary/aromatic N) is 3. The summed E-state index contributed by atoms with van der Waals surface area (Å²) in [5.41, 5.74) is 0.458. The van der Waals surface area contributed by atoms with E-state index in [0.29, 0.717) is 31.0 Å². The van der Waals surface area contributed by atoms with Gasteiger partial charge in [-0.1, -0.05) is 6.07 Å². The summed E-state index contributed by atoms with van der Waals surface area (Å²) < 4.78 is 26.7. The van der Waals surface area contributed by atoms with Crippen LogP contribution in [-0.2, 0) is 11.2 Å². The number of likely N-dealkylation sites (tertiary alicyclic amines) is 1. The van der Waals surface area contributed by atoms with Crippen molar-refractivity contribution in [3.05, 3.63) is 35.4 Å². The van der Waals surface area contributed by atoms with Gasteiger partial charge in [0.1, 0.15) is 11.6 Å². The van der Waals surface area contributed by atoms with Gasteiger partial charge < -0.3 is 15.5 Å². The monoisotopic (exact) mass is 395 g/mol. The van der Waals surface area contributed by atoms with Gasteiger partial charge in [0.05, 0.1) is 6.54 Å². The lowest BCUT2D eigenvalue weighted by atomic mass is 10.1. The highest BCUT2D eigenvalue weighted by Crippen LogP contribution is 2.11. The molecule has 0 bridgehead atoms. The highest BCUT2D eigenvalue weighted by Gasteiger charge is 2.22. The van der Waals surface area contributed by atoms with Crippen molar-refractivity contribution in [3.8, 4) is 0 Å². The fraction of sp³-hybridized carbons (Fsp3) is 0.600. The van der Waals surface area contributed by atoms with Crippen molar-refractivity contribution in [2.45, 2.75) is 32.2 Å². The zero-order valence-corrected chi connectivity index (χ0v) is 17.0. The molecule has 0 atom stereocenters. The van der Waals surface area contributed by atoms with Crippen LogP contribution in [0.3, 0.4) is 0 Å². The maximum Gasteiger partial charge on any atom is 0.236 e. The van der Waals surface area contributed by atoms with Crippen LogP contribution in [0.4, 0.5) is 8.78 Å². The summed E-state index contributed by atoms with van der Waals surface area (Å²) in [6.07, 6.45) is 2.27. The van der Waals surface area contributed by atoms with Crippen LogP contribution in [0, 0.1) is 11.6 Å². The summed E-state index contributed by atoms with van der Waals surface area (Å²) in [7, 11) is 3.54. The quantitative estimate of drug-likeness (QED) is 0.544. The van der Waals surface area contributed by atoms with Gasteiger partial charge in [0.15, 0.2) is 5.96 Å². The third-order valence-electron chi connectivity index (χ3n) is 4.80. The lowest BCUT2D eigenvalue weighted by Gasteiger charge is -2.33. The largest absolute Gasteiger partial charge is 0.357 e. The molecule has 28 heavy (non-hydrogen) atoms. The van der Waals surface area contributed by atoms with E-state index < -0.39 is 11.6 Å². The van der Waals surface area contributed by atoms with Gasteiger partial charge in [-0.25, -0.2) is 8.78 Å². The molecular weight excluding hydrogens is 364 g/mol. The normalized spacial score (nSPS) is 16.1. The van der Waals surface area contributed by atoms with Crippen molar-refractivity contribution in [2.24, 2.45) is 4.99 Å². The van der Waals surface area contributed by atoms with Gasteiger partial charge in [-0.2, -0.15) is 0 Å². The van der Waals surface area contributed by atoms with Crippen molar-refractivity contribution in [1.82, 2.24) is 20.4 Å². The van der Waals surface area contributed by atoms with Crippen LogP contribution >= 0.6 is 0 Å². The third kappa shape index (κ3) is 7.07. The van der Waals surface area contributed by atoms with E-state index in [1.54, 1.807) is 19.0 Å². The first-order valence-electron chi connectivity index (χ1n) is 9.80. The van der Waals surface area contributed by atoms with Crippen LogP contribution in [0.25, 0.3) is 0 Å². The van der Waals surface area contributed by atoms with E-state index in [9.17, 15) is 13.6 Å². The number of piperidine rings is 1. The van der Waals surface area contributed by atoms with E-state index in [1.165, 1.54) is 12.1 Å². The molecule has 6 nitrogen and oxygen atoms in total. The molecule has 0 radical (unpaired) electrons. The molecule has 156 valence electrons. The van der Waals surface area contributed by atoms with E-state index in [2.05, 4.69) is 20.5 Å². The fourth-order valence-electron chi connectivity index (χ4n) is 3.09. The number of amides is 1. The van der Waals surface area contributed by atoms with Gasteiger partial charge in [0.2, 0.25) is 5.91 Å². The second-order valence-corrected chi connectivity index (χ2v) is 7.23. The molecule has 1 aliphatic rings. The number of rotatable bonds is 7. The Bertz CT molecular complexity index is 673. The Hall–Kier alpha value is -2.22. The Morgan fingerprint density at radius 1 is 1.29 bits per heavy atom. The Morgan fingerprint density at radius 3 is 2.61 bits per heavy atom. The van der Waals surface area contributed by atoms with Gasteiger partial charge in [0.25, 0.3) is 0 Å². The van der Waals surface area contributed by atoms with Crippen LogP contribution in [0.2, 0.25) is 0 Å². The van der Waals surface area contributed by atoms with Gasteiger partial charge in [-0.3, -0.25) is 14.7 Å². The number of carbonyl (C=O) groups is 1. The molecule has 2 N–H and O–H groups in total. The number of guanidine groups is 1. The van der Waals surface area contributed by atoms with E-state index in [0.717, 1.165) is 38.5 Å².